The minimum Gasteiger partial charge on any atom is -0.482 e. The third kappa shape index (κ3) is 6.60. The Morgan fingerprint density at radius 3 is 2.46 bits per heavy atom. The van der Waals surface area contributed by atoms with Crippen LogP contribution in [0.2, 0.25) is 5.02 Å². The van der Waals surface area contributed by atoms with Crippen molar-refractivity contribution in [1.29, 1.82) is 5.26 Å². The maximum Gasteiger partial charge on any atom is 0.344 e. The largest absolute Gasteiger partial charge is 0.482 e. The van der Waals surface area contributed by atoms with Crippen LogP contribution in [-0.4, -0.2) is 31.6 Å². The number of benzene rings is 2. The summed E-state index contributed by atoms with van der Waals surface area (Å²) in [6.45, 7) is 3.30. The molecule has 7 heteroatoms. The Balaban J connectivity index is 1.95. The van der Waals surface area contributed by atoms with E-state index in [1.807, 2.05) is 38.1 Å². The van der Waals surface area contributed by atoms with Gasteiger partial charge in [-0.05, 0) is 55.3 Å². The number of nitrogens with zero attached hydrogens (tertiary/aromatic N) is 2. The van der Waals surface area contributed by atoms with Gasteiger partial charge in [-0.15, -0.1) is 0 Å². The number of ether oxygens (including phenoxy) is 2. The first-order valence-electron chi connectivity index (χ1n) is 8.68. The monoisotopic (exact) mass is 400 g/mol. The predicted octanol–water partition coefficient (Wildman–Crippen LogP) is 3.83. The minimum absolute atomic E-state index is 0.171. The molecule has 6 nitrogen and oxygen atoms in total. The molecule has 146 valence electrons. The lowest BCUT2D eigenvalue weighted by Gasteiger charge is -2.22. The Morgan fingerprint density at radius 1 is 1.11 bits per heavy atom. The van der Waals surface area contributed by atoms with Gasteiger partial charge in [-0.25, -0.2) is 4.79 Å². The van der Waals surface area contributed by atoms with Crippen LogP contribution in [0.1, 0.15) is 17.5 Å². The van der Waals surface area contributed by atoms with Crippen LogP contribution in [0.4, 0.5) is 5.69 Å². The molecule has 1 amide bonds. The number of nitriles is 1. The van der Waals surface area contributed by atoms with Crippen LogP contribution in [0.3, 0.4) is 0 Å². The molecule has 0 aromatic heterocycles. The van der Waals surface area contributed by atoms with E-state index in [-0.39, 0.29) is 19.6 Å². The fourth-order valence-electron chi connectivity index (χ4n) is 2.63. The van der Waals surface area contributed by atoms with E-state index in [9.17, 15) is 9.59 Å². The molecule has 0 aliphatic heterocycles. The number of amides is 1. The molecule has 0 aliphatic rings. The molecule has 0 heterocycles. The van der Waals surface area contributed by atoms with Crippen molar-refractivity contribution < 1.29 is 19.1 Å². The molecule has 0 saturated carbocycles. The van der Waals surface area contributed by atoms with E-state index in [1.165, 1.54) is 4.90 Å². The molecule has 0 spiro atoms. The molecule has 0 aliphatic carbocycles. The summed E-state index contributed by atoms with van der Waals surface area (Å²) < 4.78 is 10.3. The normalized spacial score (nSPS) is 10.1. The summed E-state index contributed by atoms with van der Waals surface area (Å²) in [5.41, 5.74) is 2.66. The SMILES string of the molecule is Cc1cc(C)cc(N(CCC#N)C(=O)COC(=O)COc2cccc(Cl)c2)c1. The van der Waals surface area contributed by atoms with Gasteiger partial charge in [0.15, 0.2) is 13.2 Å². The van der Waals surface area contributed by atoms with Crippen molar-refractivity contribution in [3.63, 3.8) is 0 Å². The molecular weight excluding hydrogens is 380 g/mol. The second kappa shape index (κ2) is 10.3. The van der Waals surface area contributed by atoms with E-state index in [1.54, 1.807) is 24.3 Å². The number of hydrogen-bond acceptors (Lipinski definition) is 5. The van der Waals surface area contributed by atoms with E-state index in [0.29, 0.717) is 16.5 Å². The van der Waals surface area contributed by atoms with Crippen LogP contribution >= 0.6 is 11.6 Å². The summed E-state index contributed by atoms with van der Waals surface area (Å²) in [6, 6.07) is 14.3. The number of rotatable bonds is 8. The molecular formula is C21H21ClN2O4. The van der Waals surface area contributed by atoms with Crippen molar-refractivity contribution in [1.82, 2.24) is 0 Å². The van der Waals surface area contributed by atoms with Gasteiger partial charge in [-0.2, -0.15) is 5.26 Å². The van der Waals surface area contributed by atoms with Crippen LogP contribution in [0.15, 0.2) is 42.5 Å². The topological polar surface area (TPSA) is 79.6 Å². The Morgan fingerprint density at radius 2 is 1.82 bits per heavy atom. The van der Waals surface area contributed by atoms with Crippen molar-refractivity contribution in [2.45, 2.75) is 20.3 Å². The van der Waals surface area contributed by atoms with Crippen molar-refractivity contribution in [2.24, 2.45) is 0 Å². The van der Waals surface area contributed by atoms with Gasteiger partial charge in [0, 0.05) is 17.3 Å². The van der Waals surface area contributed by atoms with E-state index in [0.717, 1.165) is 11.1 Å². The number of halogens is 1. The van der Waals surface area contributed by atoms with E-state index < -0.39 is 18.5 Å². The highest BCUT2D eigenvalue weighted by molar-refractivity contribution is 6.30. The molecule has 0 bridgehead atoms. The average Bonchev–Trinajstić information content (AvgIpc) is 2.64. The van der Waals surface area contributed by atoms with Gasteiger partial charge in [0.05, 0.1) is 12.5 Å². The zero-order valence-corrected chi connectivity index (χ0v) is 16.5. The highest BCUT2D eigenvalue weighted by Crippen LogP contribution is 2.20. The summed E-state index contributed by atoms with van der Waals surface area (Å²) in [5, 5.41) is 9.36. The van der Waals surface area contributed by atoms with Gasteiger partial charge in [0.25, 0.3) is 5.91 Å². The number of anilines is 1. The van der Waals surface area contributed by atoms with Crippen LogP contribution < -0.4 is 9.64 Å². The summed E-state index contributed by atoms with van der Waals surface area (Å²) in [7, 11) is 0. The van der Waals surface area contributed by atoms with Crippen molar-refractivity contribution in [3.8, 4) is 11.8 Å². The van der Waals surface area contributed by atoms with E-state index in [4.69, 9.17) is 26.3 Å². The molecule has 0 unspecified atom stereocenters. The Hall–Kier alpha value is -3.04. The van der Waals surface area contributed by atoms with Gasteiger partial charge >= 0.3 is 5.97 Å². The predicted molar refractivity (Wildman–Crippen MR) is 106 cm³/mol. The highest BCUT2D eigenvalue weighted by atomic mass is 35.5. The number of carbonyl (C=O) groups is 2. The third-order valence-electron chi connectivity index (χ3n) is 3.78. The Bertz CT molecular complexity index is 872. The van der Waals surface area contributed by atoms with Gasteiger partial charge in [0.1, 0.15) is 5.75 Å². The van der Waals surface area contributed by atoms with Crippen LogP contribution in [0.5, 0.6) is 5.75 Å². The van der Waals surface area contributed by atoms with Crippen molar-refractivity contribution in [2.75, 3.05) is 24.7 Å². The molecule has 0 saturated heterocycles. The van der Waals surface area contributed by atoms with Gasteiger partial charge < -0.3 is 14.4 Å². The smallest absolute Gasteiger partial charge is 0.344 e. The Kier molecular flexibility index (Phi) is 7.85. The Labute approximate surface area is 169 Å². The lowest BCUT2D eigenvalue weighted by Crippen LogP contribution is -2.36. The number of carbonyl (C=O) groups excluding carboxylic acids is 2. The van der Waals surface area contributed by atoms with Gasteiger partial charge in [0.2, 0.25) is 0 Å². The fourth-order valence-corrected chi connectivity index (χ4v) is 2.81. The quantitative estimate of drug-likeness (QED) is 0.629. The third-order valence-corrected chi connectivity index (χ3v) is 4.01. The van der Waals surface area contributed by atoms with E-state index in [2.05, 4.69) is 0 Å². The van der Waals surface area contributed by atoms with Crippen LogP contribution in [-0.2, 0) is 14.3 Å². The lowest BCUT2D eigenvalue weighted by molar-refractivity contribution is -0.149. The van der Waals surface area contributed by atoms with Crippen molar-refractivity contribution >= 4 is 29.2 Å². The summed E-state index contributed by atoms with van der Waals surface area (Å²) in [4.78, 5) is 25.9. The molecule has 0 atom stereocenters. The zero-order valence-electron chi connectivity index (χ0n) is 15.8. The maximum absolute atomic E-state index is 12.6. The van der Waals surface area contributed by atoms with Crippen molar-refractivity contribution in [3.05, 3.63) is 58.6 Å². The zero-order chi connectivity index (χ0) is 20.5. The minimum atomic E-state index is -0.672. The molecule has 0 radical (unpaired) electrons. The number of hydrogen-bond donors (Lipinski definition) is 0. The summed E-state index contributed by atoms with van der Waals surface area (Å²) in [5.74, 6) is -0.646. The first-order chi connectivity index (χ1) is 13.4. The molecule has 0 N–H and O–H groups in total. The number of esters is 1. The fraction of sp³-hybridized carbons (Fsp3) is 0.286. The second-order valence-electron chi connectivity index (χ2n) is 6.21. The molecule has 2 aromatic rings. The first kappa shape index (κ1) is 21.3. The standard InChI is InChI=1S/C21H21ClN2O4/c1-15-9-16(2)11-18(10-15)24(8-4-7-23)20(25)13-28-21(26)14-27-19-6-3-5-17(22)12-19/h3,5-6,9-12H,4,8,13-14H2,1-2H3. The second-order valence-corrected chi connectivity index (χ2v) is 6.64. The highest BCUT2D eigenvalue weighted by Gasteiger charge is 2.18. The van der Waals surface area contributed by atoms with E-state index >= 15 is 0 Å². The summed E-state index contributed by atoms with van der Waals surface area (Å²) >= 11 is 5.85. The molecule has 2 rings (SSSR count). The maximum atomic E-state index is 12.6. The number of aryl methyl sites for hydroxylation is 2. The lowest BCUT2D eigenvalue weighted by atomic mass is 10.1. The summed E-state index contributed by atoms with van der Waals surface area (Å²) in [6.07, 6.45) is 0.171. The molecule has 28 heavy (non-hydrogen) atoms. The average molecular weight is 401 g/mol. The van der Waals surface area contributed by atoms with Gasteiger partial charge in [-0.3, -0.25) is 4.79 Å². The van der Waals surface area contributed by atoms with Gasteiger partial charge in [-0.1, -0.05) is 23.7 Å². The molecule has 2 aromatic carbocycles. The first-order valence-corrected chi connectivity index (χ1v) is 9.06. The molecule has 0 fully saturated rings. The van der Waals surface area contributed by atoms with Crippen LogP contribution in [0, 0.1) is 25.2 Å². The van der Waals surface area contributed by atoms with Crippen LogP contribution in [0.25, 0.3) is 0 Å².